The van der Waals surface area contributed by atoms with E-state index in [1.165, 1.54) is 22.3 Å². The van der Waals surface area contributed by atoms with Crippen molar-refractivity contribution in [2.24, 2.45) is 0 Å². The third kappa shape index (κ3) is 3.87. The molecule has 2 aromatic carbocycles. The third-order valence-electron chi connectivity index (χ3n) is 3.80. The first-order valence-electron chi connectivity index (χ1n) is 7.59. The van der Waals surface area contributed by atoms with Crippen LogP contribution in [-0.4, -0.2) is 6.54 Å². The zero-order chi connectivity index (χ0) is 15.4. The molecule has 1 unspecified atom stereocenters. The van der Waals surface area contributed by atoms with E-state index in [9.17, 15) is 0 Å². The Balaban J connectivity index is 2.49. The van der Waals surface area contributed by atoms with Gasteiger partial charge in [-0.3, -0.25) is 0 Å². The second-order valence-corrected chi connectivity index (χ2v) is 6.17. The Morgan fingerprint density at radius 2 is 1.71 bits per heavy atom. The van der Waals surface area contributed by atoms with Crippen LogP contribution in [0.5, 0.6) is 0 Å². The molecule has 1 N–H and O–H groups in total. The van der Waals surface area contributed by atoms with Gasteiger partial charge in [0.1, 0.15) is 0 Å². The maximum Gasteiger partial charge on any atom is 0.0580 e. The largest absolute Gasteiger partial charge is 0.306 e. The van der Waals surface area contributed by atoms with Crippen LogP contribution < -0.4 is 5.32 Å². The molecule has 2 rings (SSSR count). The Morgan fingerprint density at radius 1 is 1.05 bits per heavy atom. The Kier molecular flexibility index (Phi) is 5.44. The van der Waals surface area contributed by atoms with Crippen LogP contribution in [-0.2, 0) is 0 Å². The van der Waals surface area contributed by atoms with Gasteiger partial charge in [0.25, 0.3) is 0 Å². The van der Waals surface area contributed by atoms with Crippen molar-refractivity contribution in [2.75, 3.05) is 6.54 Å². The summed E-state index contributed by atoms with van der Waals surface area (Å²) >= 11 is 6.31. The second-order valence-electron chi connectivity index (χ2n) is 5.76. The van der Waals surface area contributed by atoms with Crippen molar-refractivity contribution >= 4 is 11.6 Å². The van der Waals surface area contributed by atoms with E-state index < -0.39 is 0 Å². The zero-order valence-electron chi connectivity index (χ0n) is 13.3. The summed E-state index contributed by atoms with van der Waals surface area (Å²) in [6, 6.07) is 13.1. The van der Waals surface area contributed by atoms with Crippen LogP contribution in [0.15, 0.2) is 36.4 Å². The molecule has 0 aliphatic heterocycles. The summed E-state index contributed by atoms with van der Waals surface area (Å²) in [7, 11) is 0. The molecule has 0 aliphatic carbocycles. The van der Waals surface area contributed by atoms with Crippen LogP contribution in [0, 0.1) is 20.8 Å². The highest BCUT2D eigenvalue weighted by atomic mass is 35.5. The van der Waals surface area contributed by atoms with Crippen LogP contribution in [0.4, 0.5) is 0 Å². The van der Waals surface area contributed by atoms with Crippen LogP contribution in [0.3, 0.4) is 0 Å². The molecule has 0 bridgehead atoms. The van der Waals surface area contributed by atoms with E-state index in [1.54, 1.807) is 0 Å². The van der Waals surface area contributed by atoms with Crippen LogP contribution >= 0.6 is 11.6 Å². The minimum absolute atomic E-state index is 0.197. The predicted octanol–water partition coefficient (Wildman–Crippen LogP) is 5.35. The summed E-state index contributed by atoms with van der Waals surface area (Å²) in [5.41, 5.74) is 6.33. The van der Waals surface area contributed by atoms with Gasteiger partial charge in [0.05, 0.1) is 6.04 Å². The molecule has 0 amide bonds. The predicted molar refractivity (Wildman–Crippen MR) is 92.2 cm³/mol. The molecule has 1 atom stereocenters. The summed E-state index contributed by atoms with van der Waals surface area (Å²) < 4.78 is 0. The average Bonchev–Trinajstić information content (AvgIpc) is 2.42. The molecule has 0 saturated carbocycles. The monoisotopic (exact) mass is 301 g/mol. The Bertz CT molecular complexity index is 599. The summed E-state index contributed by atoms with van der Waals surface area (Å²) in [4.78, 5) is 0. The maximum absolute atomic E-state index is 6.31. The van der Waals surface area contributed by atoms with Gasteiger partial charge >= 0.3 is 0 Å². The van der Waals surface area contributed by atoms with E-state index in [1.807, 2.05) is 12.1 Å². The topological polar surface area (TPSA) is 12.0 Å². The molecular weight excluding hydrogens is 278 g/mol. The maximum atomic E-state index is 6.31. The molecular formula is C19H24ClN. The van der Waals surface area contributed by atoms with Gasteiger partial charge < -0.3 is 5.32 Å². The van der Waals surface area contributed by atoms with Crippen LogP contribution in [0.2, 0.25) is 5.02 Å². The number of nitrogens with one attached hydrogen (secondary N) is 1. The van der Waals surface area contributed by atoms with Gasteiger partial charge in [-0.1, -0.05) is 60.0 Å². The smallest absolute Gasteiger partial charge is 0.0580 e. The van der Waals surface area contributed by atoms with E-state index in [-0.39, 0.29) is 6.04 Å². The average molecular weight is 302 g/mol. The lowest BCUT2D eigenvalue weighted by molar-refractivity contribution is 0.596. The van der Waals surface area contributed by atoms with Crippen molar-refractivity contribution in [1.29, 1.82) is 0 Å². The molecule has 112 valence electrons. The summed E-state index contributed by atoms with van der Waals surface area (Å²) in [6.45, 7) is 9.58. The fraction of sp³-hybridized carbons (Fsp3) is 0.368. The highest BCUT2D eigenvalue weighted by Crippen LogP contribution is 2.29. The zero-order valence-corrected chi connectivity index (χ0v) is 14.1. The first-order valence-corrected chi connectivity index (χ1v) is 7.97. The van der Waals surface area contributed by atoms with Crippen LogP contribution in [0.1, 0.15) is 47.2 Å². The van der Waals surface area contributed by atoms with Crippen molar-refractivity contribution in [3.8, 4) is 0 Å². The normalized spacial score (nSPS) is 12.4. The number of benzene rings is 2. The molecule has 0 saturated heterocycles. The van der Waals surface area contributed by atoms with Gasteiger partial charge in [0, 0.05) is 5.02 Å². The van der Waals surface area contributed by atoms with Crippen molar-refractivity contribution < 1.29 is 0 Å². The molecule has 0 aliphatic rings. The van der Waals surface area contributed by atoms with E-state index in [0.717, 1.165) is 23.6 Å². The molecule has 0 fully saturated rings. The molecule has 2 aromatic rings. The number of rotatable bonds is 5. The second kappa shape index (κ2) is 7.11. The van der Waals surface area contributed by atoms with E-state index in [2.05, 4.69) is 57.3 Å². The van der Waals surface area contributed by atoms with E-state index in [4.69, 9.17) is 11.6 Å². The fourth-order valence-corrected chi connectivity index (χ4v) is 2.99. The van der Waals surface area contributed by atoms with Gasteiger partial charge in [-0.15, -0.1) is 0 Å². The Hall–Kier alpha value is -1.31. The van der Waals surface area contributed by atoms with Gasteiger partial charge in [-0.05, 0) is 56.5 Å². The number of halogens is 1. The minimum Gasteiger partial charge on any atom is -0.306 e. The number of aryl methyl sites for hydroxylation is 2. The van der Waals surface area contributed by atoms with Crippen molar-refractivity contribution in [1.82, 2.24) is 5.32 Å². The highest BCUT2D eigenvalue weighted by Gasteiger charge is 2.17. The standard InChI is InChI=1S/C19H24ClN/c1-5-9-21-19(16-11-13(2)10-14(3)12-16)17-7-6-8-18(20)15(17)4/h6-8,10-12,19,21H,5,9H2,1-4H3. The summed E-state index contributed by atoms with van der Waals surface area (Å²) in [5.74, 6) is 0. The lowest BCUT2D eigenvalue weighted by Crippen LogP contribution is -2.24. The number of hydrogen-bond acceptors (Lipinski definition) is 1. The van der Waals surface area contributed by atoms with Crippen molar-refractivity contribution in [3.63, 3.8) is 0 Å². The molecule has 1 nitrogen and oxygen atoms in total. The molecule has 0 heterocycles. The highest BCUT2D eigenvalue weighted by molar-refractivity contribution is 6.31. The third-order valence-corrected chi connectivity index (χ3v) is 4.21. The molecule has 0 spiro atoms. The van der Waals surface area contributed by atoms with Gasteiger partial charge in [0.15, 0.2) is 0 Å². The van der Waals surface area contributed by atoms with Gasteiger partial charge in [-0.25, -0.2) is 0 Å². The fourth-order valence-electron chi connectivity index (χ4n) is 2.81. The lowest BCUT2D eigenvalue weighted by Gasteiger charge is -2.23. The lowest BCUT2D eigenvalue weighted by atomic mass is 9.92. The SMILES string of the molecule is CCCNC(c1cc(C)cc(C)c1)c1cccc(Cl)c1C. The Labute approximate surface area is 133 Å². The molecule has 0 radical (unpaired) electrons. The Morgan fingerprint density at radius 3 is 2.33 bits per heavy atom. The van der Waals surface area contributed by atoms with E-state index >= 15 is 0 Å². The summed E-state index contributed by atoms with van der Waals surface area (Å²) in [5, 5.41) is 4.50. The van der Waals surface area contributed by atoms with Crippen molar-refractivity contribution in [3.05, 3.63) is 69.2 Å². The van der Waals surface area contributed by atoms with Gasteiger partial charge in [0.2, 0.25) is 0 Å². The minimum atomic E-state index is 0.197. The summed E-state index contributed by atoms with van der Waals surface area (Å²) in [6.07, 6.45) is 1.11. The quantitative estimate of drug-likeness (QED) is 0.784. The molecule has 21 heavy (non-hydrogen) atoms. The number of hydrogen-bond donors (Lipinski definition) is 1. The molecule has 2 heteroatoms. The van der Waals surface area contributed by atoms with E-state index in [0.29, 0.717) is 0 Å². The van der Waals surface area contributed by atoms with Gasteiger partial charge in [-0.2, -0.15) is 0 Å². The first kappa shape index (κ1) is 16.1. The molecule has 0 aromatic heterocycles. The van der Waals surface area contributed by atoms with Crippen molar-refractivity contribution in [2.45, 2.75) is 40.2 Å². The van der Waals surface area contributed by atoms with Crippen LogP contribution in [0.25, 0.3) is 0 Å². The first-order chi connectivity index (χ1) is 10.0.